The number of ketones is 1. The van der Waals surface area contributed by atoms with Crippen molar-refractivity contribution in [2.45, 2.75) is 47.0 Å². The summed E-state index contributed by atoms with van der Waals surface area (Å²) in [5.41, 5.74) is 5.20. The van der Waals surface area contributed by atoms with Gasteiger partial charge in [-0.15, -0.1) is 0 Å². The first-order valence-electron chi connectivity index (χ1n) is 11.9. The predicted octanol–water partition coefficient (Wildman–Crippen LogP) is 7.59. The van der Waals surface area contributed by atoms with Crippen LogP contribution in [0.5, 0.6) is 5.75 Å². The largest absolute Gasteiger partial charge is 0.492 e. The molecule has 0 amide bonds. The van der Waals surface area contributed by atoms with Crippen LogP contribution < -0.4 is 4.74 Å². The summed E-state index contributed by atoms with van der Waals surface area (Å²) in [6.07, 6.45) is 3.27. The van der Waals surface area contributed by atoms with Crippen LogP contribution in [0.15, 0.2) is 66.7 Å². The Labute approximate surface area is 208 Å². The zero-order chi connectivity index (χ0) is 25.8. The van der Waals surface area contributed by atoms with Crippen molar-refractivity contribution < 1.29 is 19.4 Å². The van der Waals surface area contributed by atoms with E-state index in [1.807, 2.05) is 43.3 Å². The minimum absolute atomic E-state index is 0.108. The van der Waals surface area contributed by atoms with Gasteiger partial charge in [-0.1, -0.05) is 83.2 Å². The third-order valence-electron chi connectivity index (χ3n) is 5.79. The first-order valence-corrected chi connectivity index (χ1v) is 11.9. The molecule has 0 fully saturated rings. The molecule has 3 rings (SSSR count). The van der Waals surface area contributed by atoms with Gasteiger partial charge < -0.3 is 9.84 Å². The van der Waals surface area contributed by atoms with Crippen LogP contribution in [0.2, 0.25) is 0 Å². The van der Waals surface area contributed by atoms with Crippen LogP contribution >= 0.6 is 0 Å². The molecule has 0 spiro atoms. The molecule has 0 saturated carbocycles. The van der Waals surface area contributed by atoms with Gasteiger partial charge >= 0.3 is 5.97 Å². The Morgan fingerprint density at radius 2 is 1.63 bits per heavy atom. The second-order valence-electron chi connectivity index (χ2n) is 10.2. The molecule has 4 heteroatoms. The first kappa shape index (κ1) is 26.0. The molecule has 3 aromatic carbocycles. The number of allylic oxidation sites excluding steroid dienone is 1. The summed E-state index contributed by atoms with van der Waals surface area (Å²) in [5.74, 6) is 0.112. The summed E-state index contributed by atoms with van der Waals surface area (Å²) in [4.78, 5) is 24.5. The highest BCUT2D eigenvalue weighted by Gasteiger charge is 2.28. The third kappa shape index (κ3) is 6.27. The van der Waals surface area contributed by atoms with E-state index in [2.05, 4.69) is 34.6 Å². The van der Waals surface area contributed by atoms with E-state index >= 15 is 0 Å². The molecule has 0 aliphatic carbocycles. The normalized spacial score (nSPS) is 11.7. The number of rotatable bonds is 8. The number of hydrogen-bond acceptors (Lipinski definition) is 3. The van der Waals surface area contributed by atoms with Crippen molar-refractivity contribution in [3.63, 3.8) is 0 Å². The second kappa shape index (κ2) is 10.7. The van der Waals surface area contributed by atoms with Crippen molar-refractivity contribution in [2.24, 2.45) is 5.92 Å². The van der Waals surface area contributed by atoms with Gasteiger partial charge in [0, 0.05) is 16.7 Å². The van der Waals surface area contributed by atoms with Crippen LogP contribution in [0.1, 0.15) is 72.0 Å². The van der Waals surface area contributed by atoms with Crippen molar-refractivity contribution in [1.82, 2.24) is 0 Å². The summed E-state index contributed by atoms with van der Waals surface area (Å²) >= 11 is 0. The number of carboxylic acid groups (broad SMARTS) is 1. The summed E-state index contributed by atoms with van der Waals surface area (Å²) in [6, 6.07) is 18.4. The van der Waals surface area contributed by atoms with Gasteiger partial charge in [0.05, 0.1) is 12.2 Å². The fourth-order valence-electron chi connectivity index (χ4n) is 4.15. The molecule has 3 aromatic rings. The van der Waals surface area contributed by atoms with Crippen LogP contribution in [-0.4, -0.2) is 23.5 Å². The van der Waals surface area contributed by atoms with Gasteiger partial charge in [-0.2, -0.15) is 0 Å². The lowest BCUT2D eigenvalue weighted by Crippen LogP contribution is -2.19. The highest BCUT2D eigenvalue weighted by molar-refractivity contribution is 6.09. The molecule has 4 nitrogen and oxygen atoms in total. The van der Waals surface area contributed by atoms with Gasteiger partial charge in [0.1, 0.15) is 5.75 Å². The van der Waals surface area contributed by atoms with E-state index in [0.29, 0.717) is 18.1 Å². The maximum atomic E-state index is 13.4. The third-order valence-corrected chi connectivity index (χ3v) is 5.79. The first-order chi connectivity index (χ1) is 16.5. The van der Waals surface area contributed by atoms with Gasteiger partial charge in [-0.25, -0.2) is 4.79 Å². The molecule has 0 bridgehead atoms. The molecule has 0 radical (unpaired) electrons. The fourth-order valence-corrected chi connectivity index (χ4v) is 4.15. The van der Waals surface area contributed by atoms with E-state index in [0.717, 1.165) is 33.6 Å². The molecular weight excluding hydrogens is 436 g/mol. The number of carbonyl (C=O) groups excluding carboxylic acids is 1. The molecule has 0 aliphatic heterocycles. The lowest BCUT2D eigenvalue weighted by molar-refractivity contribution is 0.0696. The summed E-state index contributed by atoms with van der Waals surface area (Å²) in [7, 11) is 0. The maximum absolute atomic E-state index is 13.4. The Bertz CT molecular complexity index is 1230. The average Bonchev–Trinajstić information content (AvgIpc) is 2.81. The highest BCUT2D eigenvalue weighted by atomic mass is 16.5. The van der Waals surface area contributed by atoms with Crippen molar-refractivity contribution in [3.8, 4) is 16.9 Å². The average molecular weight is 471 g/mol. The van der Waals surface area contributed by atoms with Crippen molar-refractivity contribution >= 4 is 17.8 Å². The molecule has 35 heavy (non-hydrogen) atoms. The van der Waals surface area contributed by atoms with Crippen LogP contribution in [0.4, 0.5) is 0 Å². The number of carbonyl (C=O) groups is 2. The summed E-state index contributed by atoms with van der Waals surface area (Å²) in [6.45, 7) is 13.2. The molecule has 0 saturated heterocycles. The maximum Gasteiger partial charge on any atom is 0.335 e. The number of aromatic carboxylic acids is 1. The van der Waals surface area contributed by atoms with Crippen LogP contribution in [0.25, 0.3) is 17.2 Å². The molecule has 182 valence electrons. The van der Waals surface area contributed by atoms with Crippen LogP contribution in [-0.2, 0) is 5.41 Å². The molecule has 0 atom stereocenters. The van der Waals surface area contributed by atoms with Gasteiger partial charge in [0.25, 0.3) is 0 Å². The number of hydrogen-bond donors (Lipinski definition) is 1. The van der Waals surface area contributed by atoms with Gasteiger partial charge in [0.2, 0.25) is 0 Å². The quantitative estimate of drug-likeness (QED) is 0.272. The van der Waals surface area contributed by atoms with Gasteiger partial charge in [-0.3, -0.25) is 4.79 Å². The molecule has 0 heterocycles. The van der Waals surface area contributed by atoms with Gasteiger partial charge in [0.15, 0.2) is 5.78 Å². The summed E-state index contributed by atoms with van der Waals surface area (Å²) in [5, 5.41) is 9.09. The Morgan fingerprint density at radius 1 is 1.00 bits per heavy atom. The standard InChI is InChI=1S/C31H34O4/c1-20(2)19-35-29-26(23-10-8-7-9-11-23)18-25(21(3)28(29)31(4,5)6)27(32)17-14-22-12-15-24(16-13-22)30(33)34/h7-18,20H,19H2,1-6H3,(H,33,34)/b17-14+. The molecule has 0 aromatic heterocycles. The fraction of sp³-hybridized carbons (Fsp3) is 0.290. The molecular formula is C31H34O4. The SMILES string of the molecule is Cc1c(C(=O)/C=C/c2ccc(C(=O)O)cc2)cc(-c2ccccc2)c(OCC(C)C)c1C(C)(C)C. The minimum atomic E-state index is -0.977. The minimum Gasteiger partial charge on any atom is -0.492 e. The zero-order valence-electron chi connectivity index (χ0n) is 21.4. The number of carboxylic acids is 1. The molecule has 0 unspecified atom stereocenters. The van der Waals surface area contributed by atoms with E-state index in [4.69, 9.17) is 9.84 Å². The van der Waals surface area contributed by atoms with Crippen LogP contribution in [0, 0.1) is 12.8 Å². The monoisotopic (exact) mass is 470 g/mol. The van der Waals surface area contributed by atoms with E-state index in [1.54, 1.807) is 24.3 Å². The van der Waals surface area contributed by atoms with Crippen molar-refractivity contribution in [3.05, 3.63) is 94.6 Å². The molecule has 0 aliphatic rings. The second-order valence-corrected chi connectivity index (χ2v) is 10.2. The predicted molar refractivity (Wildman–Crippen MR) is 142 cm³/mol. The van der Waals surface area contributed by atoms with Crippen molar-refractivity contribution in [2.75, 3.05) is 6.61 Å². The van der Waals surface area contributed by atoms with Gasteiger partial charge in [-0.05, 0) is 59.2 Å². The van der Waals surface area contributed by atoms with E-state index in [1.165, 1.54) is 12.1 Å². The zero-order valence-corrected chi connectivity index (χ0v) is 21.4. The van der Waals surface area contributed by atoms with Crippen molar-refractivity contribution in [1.29, 1.82) is 0 Å². The lowest BCUT2D eigenvalue weighted by Gasteiger charge is -2.29. The van der Waals surface area contributed by atoms with E-state index in [-0.39, 0.29) is 16.8 Å². The Balaban J connectivity index is 2.13. The summed E-state index contributed by atoms with van der Waals surface area (Å²) < 4.78 is 6.41. The Morgan fingerprint density at radius 3 is 2.17 bits per heavy atom. The highest BCUT2D eigenvalue weighted by Crippen LogP contribution is 2.43. The number of ether oxygens (including phenoxy) is 1. The van der Waals surface area contributed by atoms with E-state index in [9.17, 15) is 9.59 Å². The Hall–Kier alpha value is -3.66. The number of benzene rings is 3. The smallest absolute Gasteiger partial charge is 0.335 e. The van der Waals surface area contributed by atoms with E-state index < -0.39 is 5.97 Å². The molecule has 1 N–H and O–H groups in total. The Kier molecular flexibility index (Phi) is 7.96. The lowest BCUT2D eigenvalue weighted by atomic mass is 9.79. The van der Waals surface area contributed by atoms with Crippen LogP contribution in [0.3, 0.4) is 0 Å². The topological polar surface area (TPSA) is 63.6 Å².